The fraction of sp³-hybridized carbons (Fsp3) is 0.391. The van der Waals surface area contributed by atoms with E-state index < -0.39 is 6.04 Å². The zero-order valence-corrected chi connectivity index (χ0v) is 20.8. The van der Waals surface area contributed by atoms with Crippen molar-refractivity contribution in [3.8, 4) is 0 Å². The van der Waals surface area contributed by atoms with Gasteiger partial charge >= 0.3 is 0 Å². The van der Waals surface area contributed by atoms with Crippen molar-refractivity contribution in [1.82, 2.24) is 10.2 Å². The summed E-state index contributed by atoms with van der Waals surface area (Å²) in [7, 11) is 0. The summed E-state index contributed by atoms with van der Waals surface area (Å²) in [6, 6.07) is 12.2. The third-order valence-corrected chi connectivity index (χ3v) is 6.72. The maximum absolute atomic E-state index is 13.1. The first-order chi connectivity index (χ1) is 14.8. The van der Waals surface area contributed by atoms with Crippen LogP contribution in [0.1, 0.15) is 37.8 Å². The molecule has 0 bridgehead atoms. The molecule has 4 nitrogen and oxygen atoms in total. The molecular formula is C23H27Cl3N2O2S. The SMILES string of the molecule is CCCCNC(=O)[C@H](C)N(Cc1ccc(Cl)c(Cl)c1)C(=O)CSCc1ccc(Cl)cc1. The highest BCUT2D eigenvalue weighted by Crippen LogP contribution is 2.24. The van der Waals surface area contributed by atoms with Gasteiger partial charge in [0.15, 0.2) is 0 Å². The van der Waals surface area contributed by atoms with Gasteiger partial charge in [0.1, 0.15) is 6.04 Å². The minimum atomic E-state index is -0.602. The number of amides is 2. The van der Waals surface area contributed by atoms with Gasteiger partial charge in [-0.3, -0.25) is 9.59 Å². The van der Waals surface area contributed by atoms with Crippen molar-refractivity contribution in [1.29, 1.82) is 0 Å². The third kappa shape index (κ3) is 8.57. The molecule has 0 aliphatic carbocycles. The number of rotatable bonds is 11. The number of hydrogen-bond acceptors (Lipinski definition) is 3. The van der Waals surface area contributed by atoms with Crippen LogP contribution in [0, 0.1) is 0 Å². The molecule has 2 aromatic carbocycles. The van der Waals surface area contributed by atoms with Gasteiger partial charge in [-0.15, -0.1) is 11.8 Å². The second kappa shape index (κ2) is 13.2. The number of thioether (sulfide) groups is 1. The average Bonchev–Trinajstić information content (AvgIpc) is 2.75. The van der Waals surface area contributed by atoms with E-state index in [1.165, 1.54) is 11.8 Å². The molecule has 0 aliphatic rings. The van der Waals surface area contributed by atoms with Crippen molar-refractivity contribution in [2.24, 2.45) is 0 Å². The van der Waals surface area contributed by atoms with E-state index in [-0.39, 0.29) is 24.1 Å². The number of nitrogens with one attached hydrogen (secondary N) is 1. The molecule has 31 heavy (non-hydrogen) atoms. The highest BCUT2D eigenvalue weighted by atomic mass is 35.5. The molecule has 168 valence electrons. The van der Waals surface area contributed by atoms with Crippen LogP contribution in [0.3, 0.4) is 0 Å². The topological polar surface area (TPSA) is 49.4 Å². The summed E-state index contributed by atoms with van der Waals surface area (Å²) in [5.74, 6) is 0.671. The maximum Gasteiger partial charge on any atom is 0.242 e. The second-order valence-electron chi connectivity index (χ2n) is 7.21. The Morgan fingerprint density at radius 2 is 1.71 bits per heavy atom. The summed E-state index contributed by atoms with van der Waals surface area (Å²) in [4.78, 5) is 27.3. The summed E-state index contributed by atoms with van der Waals surface area (Å²) >= 11 is 19.6. The van der Waals surface area contributed by atoms with Crippen LogP contribution in [-0.2, 0) is 21.9 Å². The van der Waals surface area contributed by atoms with Gasteiger partial charge in [-0.05, 0) is 48.7 Å². The van der Waals surface area contributed by atoms with Crippen LogP contribution < -0.4 is 5.32 Å². The van der Waals surface area contributed by atoms with Gasteiger partial charge in [0.05, 0.1) is 15.8 Å². The molecule has 0 saturated heterocycles. The first-order valence-electron chi connectivity index (χ1n) is 10.1. The molecular weight excluding hydrogens is 475 g/mol. The minimum Gasteiger partial charge on any atom is -0.354 e. The summed E-state index contributed by atoms with van der Waals surface area (Å²) in [6.45, 7) is 4.69. The predicted octanol–water partition coefficient (Wildman–Crippen LogP) is 6.21. The van der Waals surface area contributed by atoms with Crippen molar-refractivity contribution in [3.63, 3.8) is 0 Å². The lowest BCUT2D eigenvalue weighted by molar-refractivity contribution is -0.138. The largest absolute Gasteiger partial charge is 0.354 e. The molecule has 0 unspecified atom stereocenters. The van der Waals surface area contributed by atoms with Crippen molar-refractivity contribution < 1.29 is 9.59 Å². The predicted molar refractivity (Wildman–Crippen MR) is 132 cm³/mol. The molecule has 0 spiro atoms. The van der Waals surface area contributed by atoms with Crippen LogP contribution in [0.2, 0.25) is 15.1 Å². The molecule has 0 fully saturated rings. The van der Waals surface area contributed by atoms with Crippen LogP contribution in [0.25, 0.3) is 0 Å². The van der Waals surface area contributed by atoms with E-state index in [9.17, 15) is 9.59 Å². The van der Waals surface area contributed by atoms with E-state index in [0.717, 1.165) is 24.0 Å². The summed E-state index contributed by atoms with van der Waals surface area (Å²) in [6.07, 6.45) is 1.89. The van der Waals surface area contributed by atoms with Gasteiger partial charge in [-0.1, -0.05) is 66.3 Å². The highest BCUT2D eigenvalue weighted by molar-refractivity contribution is 7.99. The summed E-state index contributed by atoms with van der Waals surface area (Å²) < 4.78 is 0. The fourth-order valence-corrected chi connectivity index (χ4v) is 4.19. The lowest BCUT2D eigenvalue weighted by Crippen LogP contribution is -2.48. The standard InChI is InChI=1S/C23H27Cl3N2O2S/c1-3-4-11-27-23(30)16(2)28(13-18-7-10-20(25)21(26)12-18)22(29)15-31-14-17-5-8-19(24)9-6-17/h5-10,12,16H,3-4,11,13-15H2,1-2H3,(H,27,30)/t16-/m0/s1. The Labute approximate surface area is 203 Å². The van der Waals surface area contributed by atoms with E-state index >= 15 is 0 Å². The van der Waals surface area contributed by atoms with Gasteiger partial charge in [-0.25, -0.2) is 0 Å². The zero-order chi connectivity index (χ0) is 22.8. The number of benzene rings is 2. The molecule has 0 aromatic heterocycles. The third-order valence-electron chi connectivity index (χ3n) is 4.74. The minimum absolute atomic E-state index is 0.108. The van der Waals surface area contributed by atoms with E-state index in [2.05, 4.69) is 12.2 Å². The van der Waals surface area contributed by atoms with Crippen LogP contribution in [-0.4, -0.2) is 35.1 Å². The number of nitrogens with zero attached hydrogens (tertiary/aromatic N) is 1. The first-order valence-corrected chi connectivity index (χ1v) is 12.4. The van der Waals surface area contributed by atoms with Gasteiger partial charge in [0, 0.05) is 23.9 Å². The first kappa shape index (κ1) is 25.9. The van der Waals surface area contributed by atoms with E-state index in [1.807, 2.05) is 30.3 Å². The van der Waals surface area contributed by atoms with Gasteiger partial charge in [-0.2, -0.15) is 0 Å². The van der Waals surface area contributed by atoms with Crippen molar-refractivity contribution in [3.05, 3.63) is 68.7 Å². The lowest BCUT2D eigenvalue weighted by Gasteiger charge is -2.29. The van der Waals surface area contributed by atoms with Gasteiger partial charge < -0.3 is 10.2 Å². The number of carbonyl (C=O) groups is 2. The Morgan fingerprint density at radius 1 is 1.03 bits per heavy atom. The lowest BCUT2D eigenvalue weighted by atomic mass is 10.1. The number of unbranched alkanes of at least 4 members (excludes halogenated alkanes) is 1. The molecule has 2 aromatic rings. The van der Waals surface area contributed by atoms with E-state index in [1.54, 1.807) is 24.0 Å². The Morgan fingerprint density at radius 3 is 2.35 bits per heavy atom. The molecule has 1 N–H and O–H groups in total. The fourth-order valence-electron chi connectivity index (χ4n) is 2.87. The van der Waals surface area contributed by atoms with Crippen LogP contribution in [0.15, 0.2) is 42.5 Å². The Hall–Kier alpha value is -1.40. The van der Waals surface area contributed by atoms with Gasteiger partial charge in [0.25, 0.3) is 0 Å². The second-order valence-corrected chi connectivity index (χ2v) is 9.45. The molecule has 0 saturated carbocycles. The highest BCUT2D eigenvalue weighted by Gasteiger charge is 2.26. The van der Waals surface area contributed by atoms with Crippen molar-refractivity contribution in [2.45, 2.75) is 45.0 Å². The van der Waals surface area contributed by atoms with Crippen molar-refractivity contribution >= 4 is 58.4 Å². The smallest absolute Gasteiger partial charge is 0.242 e. The molecule has 0 heterocycles. The monoisotopic (exact) mass is 500 g/mol. The van der Waals surface area contributed by atoms with E-state index in [0.29, 0.717) is 27.4 Å². The average molecular weight is 502 g/mol. The number of hydrogen-bond donors (Lipinski definition) is 1. The molecule has 8 heteroatoms. The van der Waals surface area contributed by atoms with Gasteiger partial charge in [0.2, 0.25) is 11.8 Å². The number of carbonyl (C=O) groups excluding carboxylic acids is 2. The van der Waals surface area contributed by atoms with E-state index in [4.69, 9.17) is 34.8 Å². The molecule has 1 atom stereocenters. The molecule has 0 radical (unpaired) electrons. The normalized spacial score (nSPS) is 11.8. The van der Waals surface area contributed by atoms with Crippen LogP contribution in [0.5, 0.6) is 0 Å². The Kier molecular flexibility index (Phi) is 11.0. The van der Waals surface area contributed by atoms with Crippen LogP contribution >= 0.6 is 46.6 Å². The molecule has 0 aliphatic heterocycles. The quantitative estimate of drug-likeness (QED) is 0.372. The summed E-state index contributed by atoms with van der Waals surface area (Å²) in [5.41, 5.74) is 1.90. The van der Waals surface area contributed by atoms with Crippen LogP contribution in [0.4, 0.5) is 0 Å². The Bertz CT molecular complexity index is 878. The summed E-state index contributed by atoms with van der Waals surface area (Å²) in [5, 5.41) is 4.47. The maximum atomic E-state index is 13.1. The molecule has 2 amide bonds. The number of halogens is 3. The van der Waals surface area contributed by atoms with Crippen molar-refractivity contribution in [2.75, 3.05) is 12.3 Å². The zero-order valence-electron chi connectivity index (χ0n) is 17.7. The Balaban J connectivity index is 2.06. The molecule has 2 rings (SSSR count).